The van der Waals surface area contributed by atoms with E-state index in [9.17, 15) is 4.79 Å². The van der Waals surface area contributed by atoms with Gasteiger partial charge in [-0.3, -0.25) is 14.6 Å². The Labute approximate surface area is 168 Å². The first-order chi connectivity index (χ1) is 13.5. The maximum atomic E-state index is 12.3. The average Bonchev–Trinajstić information content (AvgIpc) is 3.31. The van der Waals surface area contributed by atoms with E-state index in [1.807, 2.05) is 31.3 Å². The van der Waals surface area contributed by atoms with Gasteiger partial charge in [0, 0.05) is 23.5 Å². The van der Waals surface area contributed by atoms with Crippen molar-refractivity contribution in [2.75, 3.05) is 0 Å². The number of aromatic nitrogens is 4. The van der Waals surface area contributed by atoms with Crippen molar-refractivity contribution in [2.45, 2.75) is 39.3 Å². The smallest absolute Gasteiger partial charge is 0.272 e. The molecular formula is C20H21ClN6O. The quantitative estimate of drug-likeness (QED) is 0.637. The molecule has 0 spiro atoms. The third kappa shape index (κ3) is 4.59. The number of nitrogens with zero attached hydrogens (tertiary/aromatic N) is 4. The van der Waals surface area contributed by atoms with Crippen molar-refractivity contribution in [3.05, 3.63) is 58.5 Å². The molecule has 0 radical (unpaired) electrons. The Balaban J connectivity index is 1.62. The first kappa shape index (κ1) is 19.6. The Bertz CT molecular complexity index is 1020. The van der Waals surface area contributed by atoms with Crippen LogP contribution in [0.25, 0.3) is 11.3 Å². The van der Waals surface area contributed by atoms with Crippen molar-refractivity contribution >= 4 is 17.5 Å². The first-order valence-electron chi connectivity index (χ1n) is 9.08. The largest absolute Gasteiger partial charge is 0.346 e. The molecule has 1 aromatic carbocycles. The molecule has 2 N–H and O–H groups in total. The summed E-state index contributed by atoms with van der Waals surface area (Å²) in [5, 5.41) is 23.8. The molecule has 3 rings (SSSR count). The lowest BCUT2D eigenvalue weighted by molar-refractivity contribution is 0.0931. The summed E-state index contributed by atoms with van der Waals surface area (Å²) in [5.41, 5.74) is 3.37. The molecule has 28 heavy (non-hydrogen) atoms. The summed E-state index contributed by atoms with van der Waals surface area (Å²) in [7, 11) is 0. The molecule has 3 aromatic rings. The van der Waals surface area contributed by atoms with Crippen LogP contribution in [0.15, 0.2) is 36.5 Å². The van der Waals surface area contributed by atoms with E-state index in [1.165, 1.54) is 0 Å². The lowest BCUT2D eigenvalue weighted by atomic mass is 10.1. The number of nitrogens with one attached hydrogen (secondary N) is 2. The summed E-state index contributed by atoms with van der Waals surface area (Å²) in [6, 6.07) is 10.8. The molecule has 0 aliphatic heterocycles. The molecule has 8 heteroatoms. The second-order valence-corrected chi connectivity index (χ2v) is 7.04. The molecule has 0 saturated carbocycles. The van der Waals surface area contributed by atoms with Gasteiger partial charge in [-0.25, -0.2) is 0 Å². The Morgan fingerprint density at radius 1 is 1.39 bits per heavy atom. The van der Waals surface area contributed by atoms with Gasteiger partial charge in [0.25, 0.3) is 5.91 Å². The van der Waals surface area contributed by atoms with Gasteiger partial charge in [-0.05, 0) is 37.6 Å². The Morgan fingerprint density at radius 2 is 2.21 bits per heavy atom. The molecule has 1 atom stereocenters. The maximum Gasteiger partial charge on any atom is 0.272 e. The molecule has 2 heterocycles. The lowest BCUT2D eigenvalue weighted by Crippen LogP contribution is -2.36. The van der Waals surface area contributed by atoms with E-state index < -0.39 is 0 Å². The summed E-state index contributed by atoms with van der Waals surface area (Å²) in [4.78, 5) is 12.3. The molecule has 0 fully saturated rings. The summed E-state index contributed by atoms with van der Waals surface area (Å²) in [6.45, 7) is 4.51. The van der Waals surface area contributed by atoms with Crippen molar-refractivity contribution in [1.29, 1.82) is 5.26 Å². The topological polar surface area (TPSA) is 99.4 Å². The molecular weight excluding hydrogens is 376 g/mol. The minimum atomic E-state index is -0.211. The summed E-state index contributed by atoms with van der Waals surface area (Å²) < 4.78 is 1.76. The number of hydrogen-bond acceptors (Lipinski definition) is 4. The first-order valence-corrected chi connectivity index (χ1v) is 9.46. The van der Waals surface area contributed by atoms with Crippen LogP contribution in [0.2, 0.25) is 5.02 Å². The zero-order valence-corrected chi connectivity index (χ0v) is 16.5. The number of rotatable bonds is 7. The number of aromatic amines is 1. The molecule has 1 amide bonds. The molecule has 0 bridgehead atoms. The predicted octanol–water partition coefficient (Wildman–Crippen LogP) is 3.57. The normalized spacial score (nSPS) is 11.8. The Hall–Kier alpha value is -3.11. The van der Waals surface area contributed by atoms with Gasteiger partial charge in [-0.15, -0.1) is 0 Å². The second kappa shape index (κ2) is 8.72. The zero-order valence-electron chi connectivity index (χ0n) is 15.7. The van der Waals surface area contributed by atoms with Gasteiger partial charge in [-0.2, -0.15) is 15.5 Å². The van der Waals surface area contributed by atoms with Crippen LogP contribution in [0, 0.1) is 11.3 Å². The van der Waals surface area contributed by atoms with Gasteiger partial charge in [0.15, 0.2) is 0 Å². The number of amides is 1. The number of carbonyl (C=O) groups excluding carboxylic acids is 1. The summed E-state index contributed by atoms with van der Waals surface area (Å²) >= 11 is 6.09. The van der Waals surface area contributed by atoms with E-state index in [4.69, 9.17) is 16.9 Å². The third-order valence-corrected chi connectivity index (χ3v) is 4.56. The summed E-state index contributed by atoms with van der Waals surface area (Å²) in [5.74, 6) is -0.211. The van der Waals surface area contributed by atoms with Crippen LogP contribution < -0.4 is 5.32 Å². The highest BCUT2D eigenvalue weighted by atomic mass is 35.5. The van der Waals surface area contributed by atoms with Gasteiger partial charge in [0.1, 0.15) is 11.8 Å². The minimum Gasteiger partial charge on any atom is -0.346 e. The number of hydrogen-bond donors (Lipinski definition) is 2. The van der Waals surface area contributed by atoms with Gasteiger partial charge in [-0.1, -0.05) is 31.0 Å². The fourth-order valence-electron chi connectivity index (χ4n) is 2.88. The molecule has 144 valence electrons. The highest BCUT2D eigenvalue weighted by molar-refractivity contribution is 6.32. The fraction of sp³-hybridized carbons (Fsp3) is 0.300. The van der Waals surface area contributed by atoms with E-state index >= 15 is 0 Å². The van der Waals surface area contributed by atoms with Crippen LogP contribution >= 0.6 is 11.6 Å². The van der Waals surface area contributed by atoms with Crippen LogP contribution in [-0.2, 0) is 13.0 Å². The standard InChI is InChI=1S/C20H21ClN6O/c1-3-4-16-10-19(25-24-16)20(28)23-13(2)12-27-8-7-18(26-27)14-5-6-15(11-22)17(21)9-14/h5-10,13H,3-4,12H2,1-2H3,(H,23,28)(H,24,25)/t13-/m0/s1. The van der Waals surface area contributed by atoms with Crippen LogP contribution in [-0.4, -0.2) is 31.9 Å². The van der Waals surface area contributed by atoms with Gasteiger partial charge in [0.05, 0.1) is 22.8 Å². The molecule has 0 unspecified atom stereocenters. The highest BCUT2D eigenvalue weighted by Gasteiger charge is 2.14. The Morgan fingerprint density at radius 3 is 2.93 bits per heavy atom. The van der Waals surface area contributed by atoms with Crippen molar-refractivity contribution in [3.63, 3.8) is 0 Å². The maximum absolute atomic E-state index is 12.3. The van der Waals surface area contributed by atoms with Crippen LogP contribution in [0.1, 0.15) is 42.0 Å². The van der Waals surface area contributed by atoms with E-state index in [2.05, 4.69) is 27.5 Å². The van der Waals surface area contributed by atoms with Crippen LogP contribution in [0.5, 0.6) is 0 Å². The number of carbonyl (C=O) groups is 1. The van der Waals surface area contributed by atoms with Gasteiger partial charge >= 0.3 is 0 Å². The number of nitriles is 1. The summed E-state index contributed by atoms with van der Waals surface area (Å²) in [6.07, 6.45) is 3.70. The second-order valence-electron chi connectivity index (χ2n) is 6.63. The fourth-order valence-corrected chi connectivity index (χ4v) is 3.10. The van der Waals surface area contributed by atoms with E-state index in [1.54, 1.807) is 22.9 Å². The monoisotopic (exact) mass is 396 g/mol. The van der Waals surface area contributed by atoms with E-state index in [0.717, 1.165) is 29.8 Å². The molecule has 7 nitrogen and oxygen atoms in total. The molecule has 0 saturated heterocycles. The van der Waals surface area contributed by atoms with Crippen molar-refractivity contribution in [2.24, 2.45) is 0 Å². The van der Waals surface area contributed by atoms with Gasteiger partial charge in [0.2, 0.25) is 0 Å². The minimum absolute atomic E-state index is 0.129. The SMILES string of the molecule is CCCc1cc(C(=O)N[C@@H](C)Cn2ccc(-c3ccc(C#N)c(Cl)c3)n2)n[nH]1. The van der Waals surface area contributed by atoms with Crippen LogP contribution in [0.3, 0.4) is 0 Å². The number of halogens is 1. The Kier molecular flexibility index (Phi) is 6.12. The lowest BCUT2D eigenvalue weighted by Gasteiger charge is -2.13. The predicted molar refractivity (Wildman–Crippen MR) is 107 cm³/mol. The molecule has 0 aliphatic carbocycles. The number of aryl methyl sites for hydroxylation is 1. The van der Waals surface area contributed by atoms with Crippen LogP contribution in [0.4, 0.5) is 0 Å². The number of benzene rings is 1. The van der Waals surface area contributed by atoms with Crippen molar-refractivity contribution < 1.29 is 4.79 Å². The zero-order chi connectivity index (χ0) is 20.1. The highest BCUT2D eigenvalue weighted by Crippen LogP contribution is 2.24. The average molecular weight is 397 g/mol. The molecule has 2 aromatic heterocycles. The van der Waals surface area contributed by atoms with E-state index in [-0.39, 0.29) is 11.9 Å². The third-order valence-electron chi connectivity index (χ3n) is 4.25. The van der Waals surface area contributed by atoms with Gasteiger partial charge < -0.3 is 5.32 Å². The van der Waals surface area contributed by atoms with Crippen molar-refractivity contribution in [1.82, 2.24) is 25.3 Å². The number of H-pyrrole nitrogens is 1. The van der Waals surface area contributed by atoms with Crippen molar-refractivity contribution in [3.8, 4) is 17.3 Å². The molecule has 0 aliphatic rings. The van der Waals surface area contributed by atoms with E-state index in [0.29, 0.717) is 22.8 Å².